The van der Waals surface area contributed by atoms with E-state index in [1.54, 1.807) is 0 Å². The number of hydrogen-bond donors (Lipinski definition) is 1. The standard InChI is InChI=1S/C13H21N3/c1-10-5-12(10)8-16-9-15-7-13(16)11-3-2-4-14-6-11/h7,9-12,14H,2-6,8H2,1H3. The Bertz CT molecular complexity index is 352. The van der Waals surface area contributed by atoms with E-state index in [1.165, 1.54) is 38.0 Å². The highest BCUT2D eigenvalue weighted by Gasteiger charge is 2.33. The summed E-state index contributed by atoms with van der Waals surface area (Å²) < 4.78 is 2.39. The predicted molar refractivity (Wildman–Crippen MR) is 64.3 cm³/mol. The van der Waals surface area contributed by atoms with Gasteiger partial charge in [0.15, 0.2) is 0 Å². The topological polar surface area (TPSA) is 29.9 Å². The Kier molecular flexibility index (Phi) is 2.72. The van der Waals surface area contributed by atoms with E-state index < -0.39 is 0 Å². The molecule has 3 heteroatoms. The zero-order valence-electron chi connectivity index (χ0n) is 10.0. The van der Waals surface area contributed by atoms with Crippen LogP contribution in [0.4, 0.5) is 0 Å². The molecule has 1 aromatic heterocycles. The molecule has 2 heterocycles. The lowest BCUT2D eigenvalue weighted by Crippen LogP contribution is -2.29. The Labute approximate surface area is 97.3 Å². The average molecular weight is 219 g/mol. The van der Waals surface area contributed by atoms with Crippen molar-refractivity contribution in [3.8, 4) is 0 Å². The summed E-state index contributed by atoms with van der Waals surface area (Å²) in [6.07, 6.45) is 8.12. The number of imidazole rings is 1. The maximum absolute atomic E-state index is 4.34. The van der Waals surface area contributed by atoms with Gasteiger partial charge in [-0.15, -0.1) is 0 Å². The summed E-state index contributed by atoms with van der Waals surface area (Å²) in [4.78, 5) is 4.34. The Morgan fingerprint density at radius 1 is 1.56 bits per heavy atom. The predicted octanol–water partition coefficient (Wildman–Crippen LogP) is 2.01. The molecule has 3 rings (SSSR count). The zero-order valence-corrected chi connectivity index (χ0v) is 10.0. The van der Waals surface area contributed by atoms with Crippen molar-refractivity contribution in [2.45, 2.75) is 38.6 Å². The van der Waals surface area contributed by atoms with E-state index in [9.17, 15) is 0 Å². The summed E-state index contributed by atoms with van der Waals surface area (Å²) >= 11 is 0. The first-order valence-electron chi connectivity index (χ1n) is 6.55. The highest BCUT2D eigenvalue weighted by atomic mass is 15.1. The van der Waals surface area contributed by atoms with Gasteiger partial charge in [-0.2, -0.15) is 0 Å². The van der Waals surface area contributed by atoms with E-state index in [2.05, 4.69) is 28.0 Å². The van der Waals surface area contributed by atoms with Crippen LogP contribution in [0.25, 0.3) is 0 Å². The normalized spacial score (nSPS) is 33.9. The first kappa shape index (κ1) is 10.3. The summed E-state index contributed by atoms with van der Waals surface area (Å²) in [5, 5.41) is 3.49. The molecule has 3 nitrogen and oxygen atoms in total. The van der Waals surface area contributed by atoms with Crippen molar-refractivity contribution in [2.75, 3.05) is 13.1 Å². The van der Waals surface area contributed by atoms with Crippen molar-refractivity contribution in [3.63, 3.8) is 0 Å². The number of nitrogens with zero attached hydrogens (tertiary/aromatic N) is 2. The molecule has 1 N–H and O–H groups in total. The van der Waals surface area contributed by atoms with Gasteiger partial charge in [-0.05, 0) is 37.6 Å². The molecule has 1 saturated heterocycles. The van der Waals surface area contributed by atoms with Crippen molar-refractivity contribution in [1.82, 2.24) is 14.9 Å². The van der Waals surface area contributed by atoms with E-state index >= 15 is 0 Å². The summed E-state index contributed by atoms with van der Waals surface area (Å²) in [5.74, 6) is 2.52. The lowest BCUT2D eigenvalue weighted by Gasteiger charge is -2.23. The third kappa shape index (κ3) is 2.01. The second-order valence-corrected chi connectivity index (χ2v) is 5.49. The third-order valence-electron chi connectivity index (χ3n) is 4.17. The van der Waals surface area contributed by atoms with Gasteiger partial charge in [-0.1, -0.05) is 6.92 Å². The number of hydrogen-bond acceptors (Lipinski definition) is 2. The fourth-order valence-electron chi connectivity index (χ4n) is 2.83. The maximum atomic E-state index is 4.34. The molecule has 1 aliphatic heterocycles. The molecule has 3 unspecified atom stereocenters. The molecule has 16 heavy (non-hydrogen) atoms. The fourth-order valence-corrected chi connectivity index (χ4v) is 2.83. The second kappa shape index (κ2) is 4.21. The monoisotopic (exact) mass is 219 g/mol. The largest absolute Gasteiger partial charge is 0.334 e. The van der Waals surface area contributed by atoms with Crippen molar-refractivity contribution in [3.05, 3.63) is 18.2 Å². The molecule has 0 bridgehead atoms. The molecule has 1 saturated carbocycles. The smallest absolute Gasteiger partial charge is 0.0948 e. The molecule has 88 valence electrons. The first-order valence-corrected chi connectivity index (χ1v) is 6.55. The van der Waals surface area contributed by atoms with E-state index in [-0.39, 0.29) is 0 Å². The Morgan fingerprint density at radius 2 is 2.44 bits per heavy atom. The third-order valence-corrected chi connectivity index (χ3v) is 4.17. The molecule has 3 atom stereocenters. The van der Waals surface area contributed by atoms with Crippen LogP contribution in [0.3, 0.4) is 0 Å². The summed E-state index contributed by atoms with van der Waals surface area (Å²) in [6.45, 7) is 5.85. The zero-order chi connectivity index (χ0) is 11.0. The second-order valence-electron chi connectivity index (χ2n) is 5.49. The Hall–Kier alpha value is -0.830. The summed E-state index contributed by atoms with van der Waals surface area (Å²) in [5.41, 5.74) is 1.45. The van der Waals surface area contributed by atoms with Gasteiger partial charge < -0.3 is 9.88 Å². The van der Waals surface area contributed by atoms with E-state index in [0.29, 0.717) is 5.92 Å². The van der Waals surface area contributed by atoms with Crippen molar-refractivity contribution in [2.24, 2.45) is 11.8 Å². The molecular weight excluding hydrogens is 198 g/mol. The average Bonchev–Trinajstić information content (AvgIpc) is 2.82. The van der Waals surface area contributed by atoms with Crippen molar-refractivity contribution in [1.29, 1.82) is 0 Å². The van der Waals surface area contributed by atoms with Crippen LogP contribution in [0.1, 0.15) is 37.8 Å². The van der Waals surface area contributed by atoms with Gasteiger partial charge in [0.25, 0.3) is 0 Å². The minimum Gasteiger partial charge on any atom is -0.334 e. The quantitative estimate of drug-likeness (QED) is 0.842. The van der Waals surface area contributed by atoms with Crippen LogP contribution in [0, 0.1) is 11.8 Å². The Morgan fingerprint density at radius 3 is 3.12 bits per heavy atom. The van der Waals surface area contributed by atoms with Crippen LogP contribution in [-0.2, 0) is 6.54 Å². The van der Waals surface area contributed by atoms with Gasteiger partial charge in [0.2, 0.25) is 0 Å². The van der Waals surface area contributed by atoms with Crippen LogP contribution in [0.15, 0.2) is 12.5 Å². The lowest BCUT2D eigenvalue weighted by atomic mass is 9.96. The van der Waals surface area contributed by atoms with E-state index in [0.717, 1.165) is 18.4 Å². The molecular formula is C13H21N3. The number of rotatable bonds is 3. The van der Waals surface area contributed by atoms with Gasteiger partial charge in [-0.25, -0.2) is 4.98 Å². The van der Waals surface area contributed by atoms with E-state index in [1.807, 2.05) is 6.33 Å². The van der Waals surface area contributed by atoms with Crippen LogP contribution in [-0.4, -0.2) is 22.6 Å². The molecule has 0 amide bonds. The number of nitrogens with one attached hydrogen (secondary N) is 1. The van der Waals surface area contributed by atoms with E-state index in [4.69, 9.17) is 0 Å². The fraction of sp³-hybridized carbons (Fsp3) is 0.769. The maximum Gasteiger partial charge on any atom is 0.0948 e. The molecule has 2 fully saturated rings. The molecule has 0 spiro atoms. The first-order chi connectivity index (χ1) is 7.84. The molecule has 1 aromatic rings. The number of piperidine rings is 1. The molecule has 1 aliphatic carbocycles. The SMILES string of the molecule is CC1CC1Cn1cncc1C1CCCNC1. The van der Waals surface area contributed by atoms with Crippen molar-refractivity contribution < 1.29 is 0 Å². The highest BCUT2D eigenvalue weighted by molar-refractivity contribution is 5.09. The van der Waals surface area contributed by atoms with Gasteiger partial charge in [0.05, 0.1) is 6.33 Å². The molecule has 0 aromatic carbocycles. The van der Waals surface area contributed by atoms with Gasteiger partial charge in [0.1, 0.15) is 0 Å². The van der Waals surface area contributed by atoms with Gasteiger partial charge >= 0.3 is 0 Å². The van der Waals surface area contributed by atoms with Crippen LogP contribution < -0.4 is 5.32 Å². The van der Waals surface area contributed by atoms with Gasteiger partial charge in [-0.3, -0.25) is 0 Å². The summed E-state index contributed by atoms with van der Waals surface area (Å²) in [7, 11) is 0. The molecule has 0 radical (unpaired) electrons. The van der Waals surface area contributed by atoms with Crippen molar-refractivity contribution >= 4 is 0 Å². The lowest BCUT2D eigenvalue weighted by molar-refractivity contribution is 0.434. The Balaban J connectivity index is 1.70. The highest BCUT2D eigenvalue weighted by Crippen LogP contribution is 2.39. The van der Waals surface area contributed by atoms with Crippen LogP contribution >= 0.6 is 0 Å². The van der Waals surface area contributed by atoms with Crippen LogP contribution in [0.2, 0.25) is 0 Å². The minimum atomic E-state index is 0.685. The number of aromatic nitrogens is 2. The molecule has 2 aliphatic rings. The van der Waals surface area contributed by atoms with Crippen LogP contribution in [0.5, 0.6) is 0 Å². The van der Waals surface area contributed by atoms with Gasteiger partial charge in [0, 0.05) is 30.9 Å². The summed E-state index contributed by atoms with van der Waals surface area (Å²) in [6, 6.07) is 0. The minimum absolute atomic E-state index is 0.685.